The van der Waals surface area contributed by atoms with Gasteiger partial charge in [0, 0.05) is 28.9 Å². The van der Waals surface area contributed by atoms with Gasteiger partial charge in [-0.2, -0.15) is 0 Å². The second kappa shape index (κ2) is 6.17. The number of imidazole rings is 1. The molecule has 2 N–H and O–H groups in total. The number of fused-ring (bicyclic) bond motifs is 3. The Balaban J connectivity index is 1.58. The first kappa shape index (κ1) is 17.4. The minimum absolute atomic E-state index is 0.214. The lowest BCUT2D eigenvalue weighted by atomic mass is 9.73. The standard InChI is InChI=1S/C21H25BrN4O/c1-12(2)18-13(22)7-8-16-19(18)21(10-23-11-21)20(27)26(16)9-17-24-14-5-3-4-6-15(14)25-17/h7-8,12,23H,3-6,9-11H2,1-2H3,(H,24,25). The number of hydrogen-bond donors (Lipinski definition) is 2. The highest BCUT2D eigenvalue weighted by atomic mass is 79.9. The van der Waals surface area contributed by atoms with Crippen LogP contribution in [0.25, 0.3) is 0 Å². The van der Waals surface area contributed by atoms with Crippen molar-refractivity contribution in [2.24, 2.45) is 0 Å². The number of aromatic amines is 1. The summed E-state index contributed by atoms with van der Waals surface area (Å²) in [6.45, 7) is 6.38. The van der Waals surface area contributed by atoms with Crippen molar-refractivity contribution in [3.63, 3.8) is 0 Å². The minimum Gasteiger partial charge on any atom is -0.344 e. The number of nitrogens with zero attached hydrogens (tertiary/aromatic N) is 2. The fraction of sp³-hybridized carbons (Fsp3) is 0.524. The molecule has 1 aromatic heterocycles. The molecule has 1 aromatic carbocycles. The summed E-state index contributed by atoms with van der Waals surface area (Å²) >= 11 is 3.73. The maximum Gasteiger partial charge on any atom is 0.240 e. The lowest BCUT2D eigenvalue weighted by molar-refractivity contribution is -0.125. The number of halogens is 1. The lowest BCUT2D eigenvalue weighted by Crippen LogP contribution is -2.62. The van der Waals surface area contributed by atoms with Crippen molar-refractivity contribution in [2.75, 3.05) is 18.0 Å². The molecule has 27 heavy (non-hydrogen) atoms. The van der Waals surface area contributed by atoms with Crippen molar-refractivity contribution >= 4 is 27.5 Å². The SMILES string of the molecule is CC(C)c1c(Br)ccc2c1C1(CNC1)C(=O)N2Cc1nc2c([nH]1)CCCC2. The number of hydrogen-bond acceptors (Lipinski definition) is 3. The van der Waals surface area contributed by atoms with E-state index in [-0.39, 0.29) is 5.91 Å². The zero-order valence-corrected chi connectivity index (χ0v) is 17.4. The molecule has 5 nitrogen and oxygen atoms in total. The molecule has 0 saturated carbocycles. The van der Waals surface area contributed by atoms with Crippen LogP contribution >= 0.6 is 15.9 Å². The van der Waals surface area contributed by atoms with Gasteiger partial charge in [0.15, 0.2) is 0 Å². The van der Waals surface area contributed by atoms with E-state index >= 15 is 0 Å². The van der Waals surface area contributed by atoms with Crippen LogP contribution in [-0.4, -0.2) is 29.0 Å². The normalized spacial score (nSPS) is 20.1. The Labute approximate surface area is 168 Å². The molecule has 1 saturated heterocycles. The van der Waals surface area contributed by atoms with Gasteiger partial charge in [-0.15, -0.1) is 0 Å². The molecule has 1 aliphatic carbocycles. The maximum atomic E-state index is 13.5. The molecule has 3 aliphatic rings. The number of anilines is 1. The Kier molecular flexibility index (Phi) is 3.99. The zero-order valence-electron chi connectivity index (χ0n) is 15.9. The number of rotatable bonds is 3. The molecule has 0 atom stereocenters. The second-order valence-corrected chi connectivity index (χ2v) is 9.26. The summed E-state index contributed by atoms with van der Waals surface area (Å²) < 4.78 is 1.10. The summed E-state index contributed by atoms with van der Waals surface area (Å²) in [5.41, 5.74) is 5.59. The molecule has 0 radical (unpaired) electrons. The summed E-state index contributed by atoms with van der Waals surface area (Å²) in [6.07, 6.45) is 4.56. The fourth-order valence-electron chi connectivity index (χ4n) is 4.95. The average molecular weight is 429 g/mol. The summed E-state index contributed by atoms with van der Waals surface area (Å²) in [5, 5.41) is 3.34. The van der Waals surface area contributed by atoms with E-state index in [2.05, 4.69) is 52.2 Å². The van der Waals surface area contributed by atoms with Gasteiger partial charge in [-0.25, -0.2) is 4.98 Å². The molecule has 0 bridgehead atoms. The molecule has 1 fully saturated rings. The van der Waals surface area contributed by atoms with Crippen LogP contribution in [0.15, 0.2) is 16.6 Å². The molecule has 142 valence electrons. The summed E-state index contributed by atoms with van der Waals surface area (Å²) in [5.74, 6) is 1.49. The van der Waals surface area contributed by atoms with E-state index < -0.39 is 5.41 Å². The fourth-order valence-corrected chi connectivity index (χ4v) is 5.73. The van der Waals surface area contributed by atoms with Gasteiger partial charge >= 0.3 is 0 Å². The van der Waals surface area contributed by atoms with Crippen LogP contribution < -0.4 is 10.2 Å². The largest absolute Gasteiger partial charge is 0.344 e. The van der Waals surface area contributed by atoms with E-state index in [9.17, 15) is 4.79 Å². The predicted molar refractivity (Wildman–Crippen MR) is 109 cm³/mol. The third-order valence-corrected chi connectivity index (χ3v) is 7.03. The molecule has 6 heteroatoms. The molecule has 0 unspecified atom stereocenters. The Bertz CT molecular complexity index is 905. The quantitative estimate of drug-likeness (QED) is 0.785. The van der Waals surface area contributed by atoms with Crippen LogP contribution in [0.2, 0.25) is 0 Å². The number of carbonyl (C=O) groups is 1. The first-order valence-electron chi connectivity index (χ1n) is 9.93. The third kappa shape index (κ3) is 2.46. The zero-order chi connectivity index (χ0) is 18.8. The molecule has 1 amide bonds. The van der Waals surface area contributed by atoms with Crippen LogP contribution in [0.5, 0.6) is 0 Å². The number of aromatic nitrogens is 2. The van der Waals surface area contributed by atoms with Crippen LogP contribution in [-0.2, 0) is 29.6 Å². The Hall–Kier alpha value is -1.66. The van der Waals surface area contributed by atoms with Crippen LogP contribution in [0.4, 0.5) is 5.69 Å². The minimum atomic E-state index is -0.412. The molecule has 2 aliphatic heterocycles. The molecule has 1 spiro atoms. The smallest absolute Gasteiger partial charge is 0.240 e. The first-order valence-corrected chi connectivity index (χ1v) is 10.7. The van der Waals surface area contributed by atoms with E-state index in [0.717, 1.165) is 41.9 Å². The number of amides is 1. The number of nitrogens with one attached hydrogen (secondary N) is 2. The Morgan fingerprint density at radius 1 is 1.26 bits per heavy atom. The molecular formula is C21H25BrN4O. The third-order valence-electron chi connectivity index (χ3n) is 6.34. The highest BCUT2D eigenvalue weighted by Crippen LogP contribution is 2.50. The van der Waals surface area contributed by atoms with Crippen molar-refractivity contribution < 1.29 is 4.79 Å². The number of benzene rings is 1. The first-order chi connectivity index (χ1) is 13.0. The number of H-pyrrole nitrogens is 1. The van der Waals surface area contributed by atoms with E-state index in [1.165, 1.54) is 35.4 Å². The van der Waals surface area contributed by atoms with E-state index in [1.54, 1.807) is 0 Å². The van der Waals surface area contributed by atoms with Gasteiger partial charge in [-0.3, -0.25) is 4.79 Å². The van der Waals surface area contributed by atoms with Crippen molar-refractivity contribution in [2.45, 2.75) is 57.4 Å². The van der Waals surface area contributed by atoms with Crippen molar-refractivity contribution in [3.8, 4) is 0 Å². The van der Waals surface area contributed by atoms with Gasteiger partial charge < -0.3 is 15.2 Å². The lowest BCUT2D eigenvalue weighted by Gasteiger charge is -2.39. The van der Waals surface area contributed by atoms with Crippen LogP contribution in [0, 0.1) is 0 Å². The van der Waals surface area contributed by atoms with E-state index in [1.807, 2.05) is 4.90 Å². The topological polar surface area (TPSA) is 61.0 Å². The summed E-state index contributed by atoms with van der Waals surface area (Å²) in [4.78, 5) is 23.8. The van der Waals surface area contributed by atoms with Gasteiger partial charge in [-0.1, -0.05) is 29.8 Å². The highest BCUT2D eigenvalue weighted by molar-refractivity contribution is 9.10. The average Bonchev–Trinajstić information content (AvgIpc) is 3.11. The van der Waals surface area contributed by atoms with Crippen LogP contribution in [0.1, 0.15) is 60.9 Å². The van der Waals surface area contributed by atoms with Crippen LogP contribution in [0.3, 0.4) is 0 Å². The maximum absolute atomic E-state index is 13.5. The van der Waals surface area contributed by atoms with Gasteiger partial charge in [-0.05, 0) is 54.9 Å². The summed E-state index contributed by atoms with van der Waals surface area (Å²) in [6, 6.07) is 4.19. The molecular weight excluding hydrogens is 404 g/mol. The highest BCUT2D eigenvalue weighted by Gasteiger charge is 2.56. The Morgan fingerprint density at radius 3 is 2.70 bits per heavy atom. The second-order valence-electron chi connectivity index (χ2n) is 8.40. The molecule has 5 rings (SSSR count). The predicted octanol–water partition coefficient (Wildman–Crippen LogP) is 3.56. The number of carbonyl (C=O) groups excluding carboxylic acids is 1. The van der Waals surface area contributed by atoms with E-state index in [4.69, 9.17) is 4.98 Å². The van der Waals surface area contributed by atoms with Gasteiger partial charge in [0.25, 0.3) is 0 Å². The van der Waals surface area contributed by atoms with Gasteiger partial charge in [0.2, 0.25) is 5.91 Å². The number of aryl methyl sites for hydroxylation is 2. The summed E-state index contributed by atoms with van der Waals surface area (Å²) in [7, 11) is 0. The molecule has 2 aromatic rings. The monoisotopic (exact) mass is 428 g/mol. The molecule has 3 heterocycles. The van der Waals surface area contributed by atoms with Gasteiger partial charge in [0.1, 0.15) is 11.2 Å². The van der Waals surface area contributed by atoms with Crippen molar-refractivity contribution in [1.29, 1.82) is 0 Å². The van der Waals surface area contributed by atoms with E-state index in [0.29, 0.717) is 12.5 Å². The van der Waals surface area contributed by atoms with Crippen molar-refractivity contribution in [3.05, 3.63) is 44.9 Å². The van der Waals surface area contributed by atoms with Crippen molar-refractivity contribution in [1.82, 2.24) is 15.3 Å². The van der Waals surface area contributed by atoms with Gasteiger partial charge in [0.05, 0.1) is 12.2 Å². The Morgan fingerprint density at radius 2 is 2.04 bits per heavy atom.